The summed E-state index contributed by atoms with van der Waals surface area (Å²) in [7, 11) is 0. The number of carbonyl (C=O) groups excluding carboxylic acids is 2. The van der Waals surface area contributed by atoms with Crippen LogP contribution < -0.4 is 5.32 Å². The molecule has 0 aliphatic heterocycles. The fraction of sp³-hybridized carbons (Fsp3) is 0.176. The lowest BCUT2D eigenvalue weighted by Gasteiger charge is -2.10. The lowest BCUT2D eigenvalue weighted by atomic mass is 10.1. The van der Waals surface area contributed by atoms with Crippen LogP contribution in [0, 0.1) is 13.8 Å². The Morgan fingerprint density at radius 1 is 1.14 bits per heavy atom. The van der Waals surface area contributed by atoms with Crippen molar-refractivity contribution >= 4 is 33.5 Å². The van der Waals surface area contributed by atoms with Crippen LogP contribution in [0.5, 0.6) is 0 Å². The number of ether oxygens (including phenoxy) is 1. The van der Waals surface area contributed by atoms with Crippen molar-refractivity contribution in [1.82, 2.24) is 0 Å². The number of rotatable bonds is 4. The van der Waals surface area contributed by atoms with E-state index in [4.69, 9.17) is 4.74 Å². The van der Waals surface area contributed by atoms with Crippen LogP contribution in [-0.2, 0) is 9.53 Å². The summed E-state index contributed by atoms with van der Waals surface area (Å²) in [4.78, 5) is 23.7. The van der Waals surface area contributed by atoms with E-state index >= 15 is 0 Å². The molecule has 0 aromatic heterocycles. The Hall–Kier alpha value is -2.14. The van der Waals surface area contributed by atoms with Gasteiger partial charge in [0.15, 0.2) is 6.61 Å². The normalized spacial score (nSPS) is 10.1. The van der Waals surface area contributed by atoms with Gasteiger partial charge in [0.1, 0.15) is 0 Å². The van der Waals surface area contributed by atoms with Crippen molar-refractivity contribution in [3.63, 3.8) is 0 Å². The molecule has 0 spiro atoms. The Balaban J connectivity index is 1.93. The van der Waals surface area contributed by atoms with E-state index in [0.29, 0.717) is 5.56 Å². The van der Waals surface area contributed by atoms with Gasteiger partial charge in [0.05, 0.1) is 5.56 Å². The zero-order valence-electron chi connectivity index (χ0n) is 12.4. The van der Waals surface area contributed by atoms with E-state index in [-0.39, 0.29) is 12.5 Å². The van der Waals surface area contributed by atoms with E-state index in [1.807, 2.05) is 38.1 Å². The molecule has 0 heterocycles. The quantitative estimate of drug-likeness (QED) is 0.841. The molecule has 114 valence electrons. The fourth-order valence-corrected chi connectivity index (χ4v) is 2.30. The van der Waals surface area contributed by atoms with Crippen molar-refractivity contribution in [1.29, 1.82) is 0 Å². The average Bonchev–Trinajstić information content (AvgIpc) is 2.49. The minimum absolute atomic E-state index is 0.321. The van der Waals surface area contributed by atoms with E-state index in [1.165, 1.54) is 0 Å². The van der Waals surface area contributed by atoms with Gasteiger partial charge in [-0.15, -0.1) is 0 Å². The highest BCUT2D eigenvalue weighted by Gasteiger charge is 2.11. The van der Waals surface area contributed by atoms with E-state index in [2.05, 4.69) is 21.2 Å². The molecule has 0 unspecified atom stereocenters. The van der Waals surface area contributed by atoms with Gasteiger partial charge in [-0.3, -0.25) is 4.79 Å². The molecule has 0 bridgehead atoms. The number of benzene rings is 2. The van der Waals surface area contributed by atoms with Gasteiger partial charge in [0, 0.05) is 10.2 Å². The average molecular weight is 362 g/mol. The zero-order chi connectivity index (χ0) is 16.1. The predicted molar refractivity (Wildman–Crippen MR) is 89.0 cm³/mol. The summed E-state index contributed by atoms with van der Waals surface area (Å²) in [5.41, 5.74) is 3.20. The molecule has 0 radical (unpaired) electrons. The molecular formula is C17H16BrNO3. The van der Waals surface area contributed by atoms with E-state index in [1.54, 1.807) is 18.2 Å². The largest absolute Gasteiger partial charge is 0.452 e. The topological polar surface area (TPSA) is 55.4 Å². The van der Waals surface area contributed by atoms with Crippen molar-refractivity contribution in [3.05, 3.63) is 63.6 Å². The Kier molecular flexibility index (Phi) is 5.33. The summed E-state index contributed by atoms with van der Waals surface area (Å²) < 4.78 is 5.79. The summed E-state index contributed by atoms with van der Waals surface area (Å²) >= 11 is 3.28. The van der Waals surface area contributed by atoms with Gasteiger partial charge in [0.25, 0.3) is 5.91 Å². The molecule has 0 aliphatic carbocycles. The molecule has 22 heavy (non-hydrogen) atoms. The SMILES string of the molecule is Cc1cccc(NC(=O)COC(=O)c2cccc(Br)c2)c1C. The van der Waals surface area contributed by atoms with Crippen LogP contribution in [-0.4, -0.2) is 18.5 Å². The molecule has 1 N–H and O–H groups in total. The van der Waals surface area contributed by atoms with Crippen LogP contribution in [0.4, 0.5) is 5.69 Å². The molecule has 2 rings (SSSR count). The fourth-order valence-electron chi connectivity index (χ4n) is 1.90. The number of hydrogen-bond donors (Lipinski definition) is 1. The molecule has 4 nitrogen and oxygen atoms in total. The first-order valence-electron chi connectivity index (χ1n) is 6.76. The van der Waals surface area contributed by atoms with Gasteiger partial charge in [-0.25, -0.2) is 4.79 Å². The van der Waals surface area contributed by atoms with Crippen molar-refractivity contribution < 1.29 is 14.3 Å². The first-order valence-corrected chi connectivity index (χ1v) is 7.55. The molecule has 0 atom stereocenters. The second kappa shape index (κ2) is 7.22. The van der Waals surface area contributed by atoms with Crippen LogP contribution in [0.1, 0.15) is 21.5 Å². The molecule has 0 saturated heterocycles. The molecule has 0 fully saturated rings. The number of carbonyl (C=O) groups is 2. The van der Waals surface area contributed by atoms with Crippen molar-refractivity contribution in [2.24, 2.45) is 0 Å². The van der Waals surface area contributed by atoms with Gasteiger partial charge in [-0.05, 0) is 49.2 Å². The highest BCUT2D eigenvalue weighted by atomic mass is 79.9. The van der Waals surface area contributed by atoms with Crippen molar-refractivity contribution in [2.45, 2.75) is 13.8 Å². The molecular weight excluding hydrogens is 346 g/mol. The highest BCUT2D eigenvalue weighted by molar-refractivity contribution is 9.10. The number of esters is 1. The number of halogens is 1. The first-order chi connectivity index (χ1) is 10.5. The van der Waals surface area contributed by atoms with Crippen LogP contribution in [0.25, 0.3) is 0 Å². The standard InChI is InChI=1S/C17H16BrNO3/c1-11-5-3-8-15(12(11)2)19-16(20)10-22-17(21)13-6-4-7-14(18)9-13/h3-9H,10H2,1-2H3,(H,19,20). The second-order valence-corrected chi connectivity index (χ2v) is 5.80. The third-order valence-electron chi connectivity index (χ3n) is 3.27. The van der Waals surface area contributed by atoms with Crippen LogP contribution in [0.15, 0.2) is 46.9 Å². The van der Waals surface area contributed by atoms with Gasteiger partial charge < -0.3 is 10.1 Å². The molecule has 2 aromatic carbocycles. The Bertz CT molecular complexity index is 713. The molecule has 1 amide bonds. The molecule has 2 aromatic rings. The maximum absolute atomic E-state index is 11.9. The van der Waals surface area contributed by atoms with E-state index in [9.17, 15) is 9.59 Å². The predicted octanol–water partition coefficient (Wildman–Crippen LogP) is 3.86. The maximum Gasteiger partial charge on any atom is 0.338 e. The summed E-state index contributed by atoms with van der Waals surface area (Å²) in [6.07, 6.45) is 0. The monoisotopic (exact) mass is 361 g/mol. The lowest BCUT2D eigenvalue weighted by molar-refractivity contribution is -0.119. The Labute approximate surface area is 137 Å². The van der Waals surface area contributed by atoms with E-state index < -0.39 is 5.97 Å². The number of anilines is 1. The zero-order valence-corrected chi connectivity index (χ0v) is 13.9. The van der Waals surface area contributed by atoms with E-state index in [0.717, 1.165) is 21.3 Å². The first kappa shape index (κ1) is 16.2. The molecule has 5 heteroatoms. The number of nitrogens with one attached hydrogen (secondary N) is 1. The Morgan fingerprint density at radius 2 is 1.86 bits per heavy atom. The van der Waals surface area contributed by atoms with Crippen LogP contribution in [0.2, 0.25) is 0 Å². The van der Waals surface area contributed by atoms with Crippen LogP contribution in [0.3, 0.4) is 0 Å². The van der Waals surface area contributed by atoms with Gasteiger partial charge in [0.2, 0.25) is 0 Å². The maximum atomic E-state index is 11.9. The van der Waals surface area contributed by atoms with Crippen molar-refractivity contribution in [3.8, 4) is 0 Å². The third-order valence-corrected chi connectivity index (χ3v) is 3.77. The van der Waals surface area contributed by atoms with Gasteiger partial charge in [-0.1, -0.05) is 34.1 Å². The second-order valence-electron chi connectivity index (χ2n) is 4.88. The minimum Gasteiger partial charge on any atom is -0.452 e. The third kappa shape index (κ3) is 4.18. The highest BCUT2D eigenvalue weighted by Crippen LogP contribution is 2.18. The summed E-state index contributed by atoms with van der Waals surface area (Å²) in [6, 6.07) is 12.5. The summed E-state index contributed by atoms with van der Waals surface area (Å²) in [5, 5.41) is 2.74. The number of amides is 1. The number of hydrogen-bond acceptors (Lipinski definition) is 3. The van der Waals surface area contributed by atoms with Crippen molar-refractivity contribution in [2.75, 3.05) is 11.9 Å². The Morgan fingerprint density at radius 3 is 2.59 bits per heavy atom. The summed E-state index contributed by atoms with van der Waals surface area (Å²) in [6.45, 7) is 3.58. The lowest BCUT2D eigenvalue weighted by Crippen LogP contribution is -2.21. The van der Waals surface area contributed by atoms with Gasteiger partial charge >= 0.3 is 5.97 Å². The van der Waals surface area contributed by atoms with Crippen LogP contribution >= 0.6 is 15.9 Å². The molecule has 0 aliphatic rings. The molecule has 0 saturated carbocycles. The van der Waals surface area contributed by atoms with Gasteiger partial charge in [-0.2, -0.15) is 0 Å². The smallest absolute Gasteiger partial charge is 0.338 e. The number of aryl methyl sites for hydroxylation is 1. The summed E-state index contributed by atoms with van der Waals surface area (Å²) in [5.74, 6) is -0.894. The minimum atomic E-state index is -0.530.